The number of piperidine rings is 3. The summed E-state index contributed by atoms with van der Waals surface area (Å²) in [5, 5.41) is 21.7. The number of aryl methyl sites for hydroxylation is 1. The minimum absolute atomic E-state index is 0.00575. The van der Waals surface area contributed by atoms with Crippen molar-refractivity contribution in [3.63, 3.8) is 0 Å². The van der Waals surface area contributed by atoms with Crippen molar-refractivity contribution in [1.82, 2.24) is 55.3 Å². The van der Waals surface area contributed by atoms with Crippen LogP contribution in [0, 0.1) is 5.82 Å². The highest BCUT2D eigenvalue weighted by Gasteiger charge is 2.31. The molecule has 3 saturated heterocycles. The number of likely N-dealkylation sites (tertiary alicyclic amines) is 2. The molecule has 3 aliphatic rings. The highest BCUT2D eigenvalue weighted by molar-refractivity contribution is 6.00. The van der Waals surface area contributed by atoms with Gasteiger partial charge in [-0.2, -0.15) is 10.2 Å². The Balaban J connectivity index is 0.723. The second-order valence-corrected chi connectivity index (χ2v) is 20.6. The number of hydrogen-bond acceptors (Lipinski definition) is 14. The van der Waals surface area contributed by atoms with Crippen molar-refractivity contribution in [3.05, 3.63) is 89.8 Å². The van der Waals surface area contributed by atoms with Crippen molar-refractivity contribution in [2.75, 3.05) is 75.7 Å². The Hall–Kier alpha value is -8.50. The summed E-state index contributed by atoms with van der Waals surface area (Å²) in [6.45, 7) is 5.00. The Kier molecular flexibility index (Phi) is 18.3. The predicted molar refractivity (Wildman–Crippen MR) is 297 cm³/mol. The van der Waals surface area contributed by atoms with Crippen LogP contribution in [0.2, 0.25) is 0 Å². The molecule has 6 heterocycles. The maximum Gasteiger partial charge on any atom is 0.325 e. The molecule has 6 N–H and O–H groups in total. The van der Waals surface area contributed by atoms with Crippen LogP contribution in [0.4, 0.5) is 21.7 Å². The van der Waals surface area contributed by atoms with Gasteiger partial charge in [0, 0.05) is 100 Å². The van der Waals surface area contributed by atoms with Gasteiger partial charge >= 0.3 is 5.97 Å². The van der Waals surface area contributed by atoms with Gasteiger partial charge in [-0.15, -0.1) is 0 Å². The van der Waals surface area contributed by atoms with Crippen LogP contribution in [-0.4, -0.2) is 146 Å². The predicted octanol–water partition coefficient (Wildman–Crippen LogP) is 4.94. The fourth-order valence-corrected chi connectivity index (χ4v) is 10.9. The second-order valence-electron chi connectivity index (χ2n) is 20.6. The number of benzene rings is 3. The van der Waals surface area contributed by atoms with Gasteiger partial charge in [-0.3, -0.25) is 42.9 Å². The lowest BCUT2D eigenvalue weighted by molar-refractivity contribution is -0.143. The first-order valence-corrected chi connectivity index (χ1v) is 27.6. The average Bonchev–Trinajstić information content (AvgIpc) is 4.06. The van der Waals surface area contributed by atoms with Crippen LogP contribution in [-0.2, 0) is 47.1 Å². The standard InChI is InChI=1S/C57H69FN14O8/c1-3-80-52(78)34-62-48(74)33-61-49(75)35-72-44-10-7-9-41(42-30-45-39(29-43(42)58)31-64-68(45)2)53(44)54(67-72)38-20-27-71(28-21-38)51(77)17-16-47(73)60-22-8-11-50(76)70-25-18-37(19-26-70)36-12-14-40(15-13-36)65-57-55(56(59)79)63-32-46(66-57)69-23-5-4-6-24-69/h7,9-10,12-15,29-32,37-38H,3-6,8,11,16-28,33-35H2,1-2H3,(H2,59,79)(H,60,73)(H,61,75)(H,62,74)(H,65,66). The number of rotatable bonds is 21. The number of amides is 6. The number of fused-ring (bicyclic) bond motifs is 2. The Morgan fingerprint density at radius 1 is 0.738 bits per heavy atom. The Morgan fingerprint density at radius 3 is 2.15 bits per heavy atom. The van der Waals surface area contributed by atoms with Gasteiger partial charge in [-0.25, -0.2) is 14.4 Å². The quantitative estimate of drug-likeness (QED) is 0.0472. The molecule has 23 heteroatoms. The molecule has 22 nitrogen and oxygen atoms in total. The molecule has 80 heavy (non-hydrogen) atoms. The Morgan fingerprint density at radius 2 is 1.44 bits per heavy atom. The van der Waals surface area contributed by atoms with Gasteiger partial charge in [0.25, 0.3) is 5.91 Å². The van der Waals surface area contributed by atoms with Crippen LogP contribution in [0.5, 0.6) is 0 Å². The third-order valence-electron chi connectivity index (χ3n) is 15.3. The largest absolute Gasteiger partial charge is 0.465 e. The van der Waals surface area contributed by atoms with E-state index >= 15 is 4.39 Å². The minimum Gasteiger partial charge on any atom is -0.465 e. The van der Waals surface area contributed by atoms with E-state index in [1.807, 2.05) is 23.1 Å². The van der Waals surface area contributed by atoms with Crippen molar-refractivity contribution in [2.24, 2.45) is 12.8 Å². The fraction of sp³-hybridized carbons (Fsp3) is 0.456. The number of halogens is 1. The lowest BCUT2D eigenvalue weighted by Crippen LogP contribution is -2.40. The SMILES string of the molecule is CCOC(=O)CNC(=O)CNC(=O)Cn1nc(C2CCN(C(=O)CCC(=O)NCCCC(=O)N3CCC(c4ccc(Nc5nc(N6CCCCC6)cnc5C(N)=O)cc4)CC3)CC2)c2c(-c3cc4c(cnn4C)cc3F)cccc21. The summed E-state index contributed by atoms with van der Waals surface area (Å²) in [5.41, 5.74) is 10.5. The molecule has 0 unspecified atom stereocenters. The number of nitrogens with zero attached hydrogens (tertiary/aromatic N) is 9. The van der Waals surface area contributed by atoms with E-state index in [1.54, 1.807) is 54.1 Å². The molecular weight excluding hydrogens is 1030 g/mol. The first-order chi connectivity index (χ1) is 38.7. The maximum atomic E-state index is 16.0. The molecule has 3 aliphatic heterocycles. The Bertz CT molecular complexity index is 3250. The zero-order chi connectivity index (χ0) is 56.3. The van der Waals surface area contributed by atoms with Crippen molar-refractivity contribution in [1.29, 1.82) is 0 Å². The van der Waals surface area contributed by atoms with Gasteiger partial charge in [0.05, 0.1) is 42.3 Å². The molecule has 422 valence electrons. The summed E-state index contributed by atoms with van der Waals surface area (Å²) in [6, 6.07) is 16.6. The first-order valence-electron chi connectivity index (χ1n) is 27.6. The number of carbonyl (C=O) groups is 7. The number of hydrogen-bond donors (Lipinski definition) is 5. The molecule has 0 atom stereocenters. The van der Waals surface area contributed by atoms with Crippen molar-refractivity contribution < 1.29 is 42.7 Å². The summed E-state index contributed by atoms with van der Waals surface area (Å²) in [5.74, 6) is -2.01. The van der Waals surface area contributed by atoms with E-state index < -0.39 is 29.5 Å². The van der Waals surface area contributed by atoms with Gasteiger partial charge < -0.3 is 46.4 Å². The number of anilines is 3. The van der Waals surface area contributed by atoms with Crippen LogP contribution < -0.4 is 31.9 Å². The molecule has 3 aromatic heterocycles. The van der Waals surface area contributed by atoms with Gasteiger partial charge in [0.2, 0.25) is 29.5 Å². The van der Waals surface area contributed by atoms with E-state index in [0.29, 0.717) is 103 Å². The number of aromatic nitrogens is 6. The normalized spacial score (nSPS) is 15.2. The molecule has 0 bridgehead atoms. The molecule has 0 aliphatic carbocycles. The molecule has 3 fully saturated rings. The summed E-state index contributed by atoms with van der Waals surface area (Å²) in [4.78, 5) is 104. The molecule has 0 spiro atoms. The zero-order valence-corrected chi connectivity index (χ0v) is 45.3. The van der Waals surface area contributed by atoms with Gasteiger partial charge in [0.15, 0.2) is 11.5 Å². The number of carbonyl (C=O) groups excluding carboxylic acids is 7. The summed E-state index contributed by atoms with van der Waals surface area (Å²) in [7, 11) is 1.78. The number of nitrogens with two attached hydrogens (primary N) is 1. The van der Waals surface area contributed by atoms with E-state index in [-0.39, 0.29) is 74.3 Å². The molecule has 0 radical (unpaired) electrons. The van der Waals surface area contributed by atoms with Crippen LogP contribution in [0.15, 0.2) is 67.0 Å². The van der Waals surface area contributed by atoms with E-state index in [2.05, 4.69) is 48.4 Å². The fourth-order valence-electron chi connectivity index (χ4n) is 10.9. The van der Waals surface area contributed by atoms with Crippen molar-refractivity contribution >= 4 is 80.5 Å². The maximum absolute atomic E-state index is 16.0. The highest BCUT2D eigenvalue weighted by Crippen LogP contribution is 2.40. The van der Waals surface area contributed by atoms with Gasteiger partial charge in [-0.1, -0.05) is 24.3 Å². The smallest absolute Gasteiger partial charge is 0.325 e. The number of nitrogens with one attached hydrogen (secondary N) is 4. The minimum atomic E-state index is -0.655. The van der Waals surface area contributed by atoms with E-state index in [1.165, 1.54) is 17.2 Å². The van der Waals surface area contributed by atoms with Gasteiger partial charge in [0.1, 0.15) is 24.7 Å². The molecule has 3 aromatic carbocycles. The van der Waals surface area contributed by atoms with Crippen LogP contribution in [0.1, 0.15) is 111 Å². The number of primary amides is 1. The summed E-state index contributed by atoms with van der Waals surface area (Å²) < 4.78 is 24.0. The molecule has 9 rings (SSSR count). The molecule has 0 saturated carbocycles. The topological polar surface area (TPSA) is 274 Å². The lowest BCUT2D eigenvalue weighted by atomic mass is 9.88. The van der Waals surface area contributed by atoms with Crippen LogP contribution in [0.25, 0.3) is 32.9 Å². The third kappa shape index (κ3) is 13.7. The summed E-state index contributed by atoms with van der Waals surface area (Å²) in [6.07, 6.45) is 10.0. The van der Waals surface area contributed by atoms with E-state index in [9.17, 15) is 33.6 Å². The molecular formula is C57H69FN14O8. The van der Waals surface area contributed by atoms with Gasteiger partial charge in [-0.05, 0) is 106 Å². The average molecular weight is 1100 g/mol. The molecule has 6 amide bonds. The number of ether oxygens (including phenoxy) is 1. The van der Waals surface area contributed by atoms with Crippen molar-refractivity contribution in [3.8, 4) is 11.1 Å². The summed E-state index contributed by atoms with van der Waals surface area (Å²) >= 11 is 0. The third-order valence-corrected chi connectivity index (χ3v) is 15.3. The monoisotopic (exact) mass is 1100 g/mol. The first kappa shape index (κ1) is 56.2. The Labute approximate surface area is 462 Å². The molecule has 6 aromatic rings. The number of esters is 1. The van der Waals surface area contributed by atoms with Crippen LogP contribution in [0.3, 0.4) is 0 Å². The van der Waals surface area contributed by atoms with E-state index in [4.69, 9.17) is 20.6 Å². The highest BCUT2D eigenvalue weighted by atomic mass is 19.1. The van der Waals surface area contributed by atoms with Crippen molar-refractivity contribution in [2.45, 2.75) is 95.9 Å². The lowest BCUT2D eigenvalue weighted by Gasteiger charge is -2.32. The second kappa shape index (κ2) is 26.0. The van der Waals surface area contributed by atoms with E-state index in [0.717, 1.165) is 55.5 Å². The zero-order valence-electron chi connectivity index (χ0n) is 45.3. The van der Waals surface area contributed by atoms with Crippen LogP contribution >= 0.6 is 0 Å².